The number of nitrogens with zero attached hydrogens (tertiary/aromatic N) is 2. The number of hydrogen-bond acceptors (Lipinski definition) is 4. The van der Waals surface area contributed by atoms with Crippen molar-refractivity contribution in [3.8, 4) is 0 Å². The zero-order valence-corrected chi connectivity index (χ0v) is 11.8. The van der Waals surface area contributed by atoms with E-state index in [4.69, 9.17) is 4.99 Å². The summed E-state index contributed by atoms with van der Waals surface area (Å²) in [5.41, 5.74) is -0.558. The van der Waals surface area contributed by atoms with Crippen LogP contribution in [0.4, 0.5) is 0 Å². The maximum absolute atomic E-state index is 12.6. The quantitative estimate of drug-likeness (QED) is 0.714. The summed E-state index contributed by atoms with van der Waals surface area (Å²) in [5.74, 6) is 0.397. The van der Waals surface area contributed by atoms with Gasteiger partial charge in [-0.25, -0.2) is 0 Å². The number of methoxy groups -OCH3 is 1. The highest BCUT2D eigenvalue weighted by Gasteiger charge is 2.49. The molecule has 1 aliphatic heterocycles. The van der Waals surface area contributed by atoms with Gasteiger partial charge in [0.15, 0.2) is 0 Å². The van der Waals surface area contributed by atoms with Crippen molar-refractivity contribution in [1.82, 2.24) is 4.90 Å². The van der Waals surface area contributed by atoms with Crippen molar-refractivity contribution < 1.29 is 14.3 Å². The molecule has 19 heavy (non-hydrogen) atoms. The Morgan fingerprint density at radius 3 is 2.68 bits per heavy atom. The first-order chi connectivity index (χ1) is 9.13. The second kappa shape index (κ2) is 5.72. The zero-order valence-electron chi connectivity index (χ0n) is 11.8. The molecule has 5 heteroatoms. The van der Waals surface area contributed by atoms with E-state index in [2.05, 4.69) is 11.7 Å². The molecule has 1 amide bonds. The Bertz CT molecular complexity index is 397. The maximum Gasteiger partial charge on any atom is 0.325 e. The Labute approximate surface area is 114 Å². The minimum atomic E-state index is -0.558. The number of unbranched alkanes of at least 4 members (excludes halogenated alkanes) is 1. The topological polar surface area (TPSA) is 59.0 Å². The minimum absolute atomic E-state index is 0.000366. The van der Waals surface area contributed by atoms with Crippen LogP contribution in [0, 0.1) is 0 Å². The van der Waals surface area contributed by atoms with Crippen LogP contribution >= 0.6 is 0 Å². The van der Waals surface area contributed by atoms with E-state index in [0.717, 1.165) is 50.8 Å². The van der Waals surface area contributed by atoms with Crippen LogP contribution < -0.4 is 0 Å². The fourth-order valence-corrected chi connectivity index (χ4v) is 2.89. The number of esters is 1. The molecule has 1 spiro atoms. The van der Waals surface area contributed by atoms with Gasteiger partial charge in [-0.05, 0) is 19.3 Å². The predicted octanol–water partition coefficient (Wildman–Crippen LogP) is 1.90. The van der Waals surface area contributed by atoms with Crippen molar-refractivity contribution in [2.24, 2.45) is 4.99 Å². The van der Waals surface area contributed by atoms with Crippen molar-refractivity contribution in [2.45, 2.75) is 57.4 Å². The van der Waals surface area contributed by atoms with Crippen LogP contribution in [-0.4, -0.2) is 41.8 Å². The Kier molecular flexibility index (Phi) is 4.22. The first kappa shape index (κ1) is 14.0. The summed E-state index contributed by atoms with van der Waals surface area (Å²) in [6.45, 7) is 2.10. The van der Waals surface area contributed by atoms with Gasteiger partial charge in [0.1, 0.15) is 17.9 Å². The van der Waals surface area contributed by atoms with Gasteiger partial charge in [0.2, 0.25) is 0 Å². The summed E-state index contributed by atoms with van der Waals surface area (Å²) < 4.78 is 4.68. The number of amides is 1. The lowest BCUT2D eigenvalue weighted by atomic mass is 9.98. The van der Waals surface area contributed by atoms with Crippen LogP contribution in [0.5, 0.6) is 0 Å². The number of carbonyl (C=O) groups is 2. The van der Waals surface area contributed by atoms with E-state index >= 15 is 0 Å². The van der Waals surface area contributed by atoms with Gasteiger partial charge in [-0.15, -0.1) is 0 Å². The van der Waals surface area contributed by atoms with E-state index in [1.807, 2.05) is 0 Å². The molecule has 0 bridgehead atoms. The first-order valence-electron chi connectivity index (χ1n) is 7.10. The van der Waals surface area contributed by atoms with Crippen LogP contribution in [0.2, 0.25) is 0 Å². The standard InChI is InChI=1S/C14H22N2O3/c1-3-4-7-11-15-14(8-5-6-9-14)13(18)16(11)10-12(17)19-2/h3-10H2,1-2H3. The maximum atomic E-state index is 12.6. The van der Waals surface area contributed by atoms with E-state index in [1.165, 1.54) is 7.11 Å². The van der Waals surface area contributed by atoms with Gasteiger partial charge >= 0.3 is 5.97 Å². The largest absolute Gasteiger partial charge is 0.468 e. The van der Waals surface area contributed by atoms with Gasteiger partial charge in [-0.2, -0.15) is 0 Å². The van der Waals surface area contributed by atoms with Gasteiger partial charge < -0.3 is 4.74 Å². The van der Waals surface area contributed by atoms with Gasteiger partial charge in [0, 0.05) is 6.42 Å². The van der Waals surface area contributed by atoms with Crippen LogP contribution in [0.25, 0.3) is 0 Å². The molecule has 1 fully saturated rings. The molecule has 5 nitrogen and oxygen atoms in total. The summed E-state index contributed by atoms with van der Waals surface area (Å²) in [6, 6.07) is 0. The van der Waals surface area contributed by atoms with Crippen molar-refractivity contribution in [3.05, 3.63) is 0 Å². The van der Waals surface area contributed by atoms with Crippen molar-refractivity contribution in [1.29, 1.82) is 0 Å². The van der Waals surface area contributed by atoms with E-state index in [-0.39, 0.29) is 18.4 Å². The van der Waals surface area contributed by atoms with Gasteiger partial charge in [0.05, 0.1) is 7.11 Å². The first-order valence-corrected chi connectivity index (χ1v) is 7.10. The number of carbonyl (C=O) groups excluding carboxylic acids is 2. The predicted molar refractivity (Wildman–Crippen MR) is 71.9 cm³/mol. The van der Waals surface area contributed by atoms with E-state index in [0.29, 0.717) is 0 Å². The Morgan fingerprint density at radius 2 is 2.11 bits per heavy atom. The Hall–Kier alpha value is -1.39. The average molecular weight is 266 g/mol. The number of rotatable bonds is 5. The van der Waals surface area contributed by atoms with Gasteiger partial charge in [-0.1, -0.05) is 26.2 Å². The Balaban J connectivity index is 2.17. The molecule has 0 radical (unpaired) electrons. The Morgan fingerprint density at radius 1 is 1.42 bits per heavy atom. The molecular formula is C14H22N2O3. The molecule has 0 aromatic heterocycles. The molecule has 2 rings (SSSR count). The van der Waals surface area contributed by atoms with Crippen LogP contribution in [-0.2, 0) is 14.3 Å². The summed E-state index contributed by atoms with van der Waals surface area (Å²) in [5, 5.41) is 0. The lowest BCUT2D eigenvalue weighted by Gasteiger charge is -2.21. The number of ether oxygens (including phenoxy) is 1. The fraction of sp³-hybridized carbons (Fsp3) is 0.786. The van der Waals surface area contributed by atoms with Crippen LogP contribution in [0.1, 0.15) is 51.9 Å². The third kappa shape index (κ3) is 2.65. The molecule has 1 saturated carbocycles. The molecule has 0 N–H and O–H groups in total. The van der Waals surface area contributed by atoms with E-state index in [1.54, 1.807) is 4.90 Å². The second-order valence-corrected chi connectivity index (χ2v) is 5.34. The SMILES string of the molecule is CCCCC1=NC2(CCCC2)C(=O)N1CC(=O)OC. The van der Waals surface area contributed by atoms with Crippen molar-refractivity contribution in [3.63, 3.8) is 0 Å². The minimum Gasteiger partial charge on any atom is -0.468 e. The molecule has 0 aromatic carbocycles. The number of amidine groups is 1. The number of aliphatic imine (C=N–C) groups is 1. The van der Waals surface area contributed by atoms with Gasteiger partial charge in [-0.3, -0.25) is 19.5 Å². The van der Waals surface area contributed by atoms with Crippen molar-refractivity contribution >= 4 is 17.7 Å². The third-order valence-corrected chi connectivity index (χ3v) is 4.00. The van der Waals surface area contributed by atoms with Crippen LogP contribution in [0.3, 0.4) is 0 Å². The highest BCUT2D eigenvalue weighted by atomic mass is 16.5. The highest BCUT2D eigenvalue weighted by molar-refractivity contribution is 6.09. The molecule has 0 aromatic rings. The molecule has 0 saturated heterocycles. The monoisotopic (exact) mass is 266 g/mol. The average Bonchev–Trinajstić information content (AvgIpc) is 2.98. The summed E-state index contributed by atoms with van der Waals surface area (Å²) in [4.78, 5) is 30.3. The normalized spacial score (nSPS) is 21.1. The summed E-state index contributed by atoms with van der Waals surface area (Å²) in [7, 11) is 1.34. The number of hydrogen-bond donors (Lipinski definition) is 0. The molecule has 1 heterocycles. The van der Waals surface area contributed by atoms with Crippen molar-refractivity contribution in [2.75, 3.05) is 13.7 Å². The van der Waals surface area contributed by atoms with E-state index < -0.39 is 5.54 Å². The summed E-state index contributed by atoms with van der Waals surface area (Å²) >= 11 is 0. The molecule has 2 aliphatic rings. The lowest BCUT2D eigenvalue weighted by Crippen LogP contribution is -2.43. The fourth-order valence-electron chi connectivity index (χ4n) is 2.89. The zero-order chi connectivity index (χ0) is 13.9. The van der Waals surface area contributed by atoms with Crippen LogP contribution in [0.15, 0.2) is 4.99 Å². The van der Waals surface area contributed by atoms with Gasteiger partial charge in [0.25, 0.3) is 5.91 Å². The second-order valence-electron chi connectivity index (χ2n) is 5.34. The molecule has 0 unspecified atom stereocenters. The highest BCUT2D eigenvalue weighted by Crippen LogP contribution is 2.39. The van der Waals surface area contributed by atoms with E-state index in [9.17, 15) is 9.59 Å². The molecule has 0 atom stereocenters. The lowest BCUT2D eigenvalue weighted by molar-refractivity contribution is -0.145. The smallest absolute Gasteiger partial charge is 0.325 e. The molecule has 106 valence electrons. The third-order valence-electron chi connectivity index (χ3n) is 4.00. The summed E-state index contributed by atoms with van der Waals surface area (Å²) in [6.07, 6.45) is 6.52. The molecular weight excluding hydrogens is 244 g/mol. The molecule has 1 aliphatic carbocycles.